The number of carbonyl (C=O) groups is 5. The molecule has 13 rings (SSSR count). The first-order valence-electron chi connectivity index (χ1n) is 34.4. The van der Waals surface area contributed by atoms with E-state index in [1.807, 2.05) is 26.2 Å². The number of likely N-dealkylation sites (N-methyl/N-ethyl adjacent to an activating group) is 2. The van der Waals surface area contributed by atoms with Gasteiger partial charge in [-0.3, -0.25) is 14.4 Å². The quantitative estimate of drug-likeness (QED) is 0.166. The van der Waals surface area contributed by atoms with E-state index in [9.17, 15) is 29.1 Å². The number of hydrogen-bond acceptors (Lipinski definition) is 10. The summed E-state index contributed by atoms with van der Waals surface area (Å²) in [4.78, 5) is 64.6. The Labute approximate surface area is 523 Å². The molecule has 12 fully saturated rings. The number of amides is 1. The van der Waals surface area contributed by atoms with Gasteiger partial charge in [-0.1, -0.05) is 52.7 Å². The van der Waals surface area contributed by atoms with Gasteiger partial charge < -0.3 is 47.8 Å². The predicted molar refractivity (Wildman–Crippen MR) is 331 cm³/mol. The lowest BCUT2D eigenvalue weighted by atomic mass is 9.41. The summed E-state index contributed by atoms with van der Waals surface area (Å²) >= 11 is 5.55. The van der Waals surface area contributed by atoms with Crippen molar-refractivity contribution in [1.29, 1.82) is 0 Å². The zero-order chi connectivity index (χ0) is 59.9. The second kappa shape index (κ2) is 27.4. The fraction of sp³-hybridized carbons (Fsp3) is 0.845. The number of nitrogens with two attached hydrogens (primary N) is 1. The molecule has 0 spiro atoms. The third kappa shape index (κ3) is 13.5. The average molecular weight is 1220 g/mol. The molecule has 85 heavy (non-hydrogen) atoms. The maximum absolute atomic E-state index is 12.7. The smallest absolute Gasteiger partial charge is 0.407 e. The fourth-order valence-corrected chi connectivity index (χ4v) is 23.2. The van der Waals surface area contributed by atoms with Gasteiger partial charge in [0.25, 0.3) is 0 Å². The molecule has 1 amide bonds. The second-order valence-electron chi connectivity index (χ2n) is 31.6. The van der Waals surface area contributed by atoms with Gasteiger partial charge >= 0.3 is 11.5 Å². The van der Waals surface area contributed by atoms with Crippen LogP contribution in [0.4, 0.5) is 9.59 Å². The van der Waals surface area contributed by atoms with Crippen LogP contribution in [0.3, 0.4) is 0 Å². The molecule has 478 valence electrons. The van der Waals surface area contributed by atoms with Crippen LogP contribution in [0.1, 0.15) is 207 Å². The summed E-state index contributed by atoms with van der Waals surface area (Å²) in [6.45, 7) is 12.5. The molecule has 12 aliphatic rings. The average Bonchev–Trinajstić information content (AvgIpc) is 1.60. The first kappa shape index (κ1) is 66.6. The number of phenols is 1. The van der Waals surface area contributed by atoms with Crippen LogP contribution in [0.15, 0.2) is 24.3 Å². The van der Waals surface area contributed by atoms with Crippen molar-refractivity contribution >= 4 is 40.5 Å². The zero-order valence-electron chi connectivity index (χ0n) is 53.7. The molecule has 0 saturated heterocycles. The van der Waals surface area contributed by atoms with Crippen molar-refractivity contribution in [1.82, 2.24) is 10.2 Å². The molecule has 1 aromatic rings. The first-order valence-corrected chi connectivity index (χ1v) is 34.7. The number of hydrogen-bond donors (Lipinski definition) is 4. The third-order valence-corrected chi connectivity index (χ3v) is 26.9. The Balaban J connectivity index is 0.000000147. The molecule has 0 radical (unpaired) electrons. The number of nitrogens with one attached hydrogen (secondary N) is 2. The van der Waals surface area contributed by atoms with E-state index < -0.39 is 5.43 Å². The van der Waals surface area contributed by atoms with Gasteiger partial charge in [0.05, 0.1) is 27.2 Å². The van der Waals surface area contributed by atoms with Crippen molar-refractivity contribution in [2.45, 2.75) is 220 Å². The van der Waals surface area contributed by atoms with E-state index in [0.29, 0.717) is 81.9 Å². The summed E-state index contributed by atoms with van der Waals surface area (Å²) < 4.78 is 11.5. The molecular weight excluding hydrogens is 1110 g/mol. The van der Waals surface area contributed by atoms with Gasteiger partial charge in [-0.15, -0.1) is 0 Å². The van der Waals surface area contributed by atoms with Gasteiger partial charge in [0.1, 0.15) is 35.3 Å². The number of alkyl carbamates (subject to hydrolysis) is 1. The molecule has 12 nitrogen and oxygen atoms in total. The minimum Gasteiger partial charge on any atom is -1.00 e. The lowest BCUT2D eigenvalue weighted by Gasteiger charge is -2.64. The maximum Gasteiger partial charge on any atom is 0.407 e. The Kier molecular flexibility index (Phi) is 21.5. The summed E-state index contributed by atoms with van der Waals surface area (Å²) in [5, 5.41) is 12.5. The van der Waals surface area contributed by atoms with Crippen molar-refractivity contribution in [3.63, 3.8) is 0 Å². The highest BCUT2D eigenvalue weighted by molar-refractivity contribution is 6.61. The summed E-state index contributed by atoms with van der Waals surface area (Å²) in [6, 6.07) is 7.59. The third-order valence-electron chi connectivity index (χ3n) is 26.8. The number of fused-ring (bicyclic) bond motifs is 7. The topological polar surface area (TPSA) is 170 Å². The molecule has 20 atom stereocenters. The minimum atomic E-state index is -0.630. The van der Waals surface area contributed by atoms with E-state index in [2.05, 4.69) is 58.1 Å². The predicted octanol–water partition coefficient (Wildman–Crippen LogP) is 9.83. The van der Waals surface area contributed by atoms with E-state index in [1.54, 1.807) is 6.07 Å². The van der Waals surface area contributed by atoms with Crippen LogP contribution in [0.25, 0.3) is 0 Å². The molecule has 5 N–H and O–H groups in total. The highest BCUT2D eigenvalue weighted by atomic mass is 35.5. The number of ether oxygens (including phenoxy) is 2. The number of rotatable bonds is 10. The van der Waals surface area contributed by atoms with Crippen LogP contribution < -0.4 is 28.4 Å². The highest BCUT2D eigenvalue weighted by Crippen LogP contribution is 2.71. The molecule has 0 aromatic heterocycles. The Hall–Kier alpha value is -2.77. The molecular formula is C71H112Cl2N4O8. The van der Waals surface area contributed by atoms with Gasteiger partial charge in [0, 0.05) is 60.2 Å². The van der Waals surface area contributed by atoms with Gasteiger partial charge in [0.2, 0.25) is 0 Å². The van der Waals surface area contributed by atoms with Crippen molar-refractivity contribution in [3.05, 3.63) is 29.8 Å². The van der Waals surface area contributed by atoms with Gasteiger partial charge in [-0.25, -0.2) is 9.59 Å². The lowest BCUT2D eigenvalue weighted by molar-refractivity contribution is -0.856. The van der Waals surface area contributed by atoms with Crippen molar-refractivity contribution in [3.8, 4) is 5.75 Å². The number of benzene rings is 1. The summed E-state index contributed by atoms with van der Waals surface area (Å²) in [7, 11) is 8.21. The maximum atomic E-state index is 12.7. The molecule has 0 aliphatic heterocycles. The number of nitrogens with zero attached hydrogens (tertiary/aromatic N) is 1. The van der Waals surface area contributed by atoms with Crippen LogP contribution in [-0.2, 0) is 30.3 Å². The molecule has 1 aromatic carbocycles. The van der Waals surface area contributed by atoms with E-state index >= 15 is 0 Å². The summed E-state index contributed by atoms with van der Waals surface area (Å²) in [5.74, 6) is 11.3. The number of Topliss-reactive ketones (excluding diaryl/α,β-unsaturated/α-hetero) is 3. The Morgan fingerprint density at radius 2 is 1.19 bits per heavy atom. The Morgan fingerprint density at radius 3 is 1.67 bits per heavy atom. The number of carbonyl (C=O) groups excluding carboxylic acids is 5. The normalized spacial score (nSPS) is 42.4. The lowest BCUT2D eigenvalue weighted by Crippen LogP contribution is -3.06. The van der Waals surface area contributed by atoms with E-state index in [4.69, 9.17) is 26.8 Å². The number of aryl methyl sites for hydroxylation is 1. The summed E-state index contributed by atoms with van der Waals surface area (Å²) in [5.41, 5.74) is 6.43. The molecule has 4 bridgehead atoms. The fourth-order valence-electron chi connectivity index (χ4n) is 23.0. The monoisotopic (exact) mass is 1220 g/mol. The van der Waals surface area contributed by atoms with Gasteiger partial charge in [-0.2, -0.15) is 0 Å². The first-order chi connectivity index (χ1) is 40.0. The Bertz CT molecular complexity index is 2510. The van der Waals surface area contributed by atoms with Crippen LogP contribution in [0, 0.1) is 104 Å². The number of phenolic OH excluding ortho intramolecular Hbond substituents is 1. The number of ketones is 3. The van der Waals surface area contributed by atoms with Crippen molar-refractivity contribution in [2.24, 2.45) is 110 Å². The van der Waals surface area contributed by atoms with E-state index in [-0.39, 0.29) is 47.0 Å². The van der Waals surface area contributed by atoms with Gasteiger partial charge in [-0.05, 0) is 267 Å². The number of aromatic hydroxyl groups is 1. The van der Waals surface area contributed by atoms with Crippen molar-refractivity contribution in [2.75, 3.05) is 54.4 Å². The Morgan fingerprint density at radius 1 is 0.694 bits per heavy atom. The van der Waals surface area contributed by atoms with Crippen LogP contribution in [-0.4, -0.2) is 105 Å². The number of quaternary nitrogens is 1. The molecule has 0 heterocycles. The standard InChI is InChI=1S/C26H42N2O3.C22H31ClO3.C19H26O2.C4H12N2.ClH/c1-25-11-8-20-19(21(25)6-7-22(25)29)9-12-26-10-4-5-17(23(20)26)15-18(16-26)31-24(30)27-13-14-28(2)3;1-21-9-6-16-15(17(21)4-5-18(21)24)7-10-22-8-2-3-13(19(16)22)11-14(12-22)26-20(23)25;1-13-10-11-19(2)17(8-9-18(19)21)16(13)7-6-14-4-3-5-15(20)12-14;1-6(2)4-3-5;/h17-21,23H,4-16H2,1-3H3,(H,27,30);13-17,19H,2-12H2,1H3;3-5,12-13,16-17,20H,6-11H2,1-2H3;3-5H2,1-2H3;1H/t;13?,14?,15-,16+,17+,19?,21+,22?;13-,16+,17-,19-;;/m.10../s1. The van der Waals surface area contributed by atoms with Crippen LogP contribution in [0.5, 0.6) is 5.75 Å². The SMILES string of the molecule is CN(C)CCN.C[C@H]1CC[C@]2(C)C(=O)CC[C@H]2[C@@H]1CCc1cccc(O)c1.C[C@]12CC[C@@H]3C4C5CCCC4(CC[C@H]3[C@@H]1CCC2=O)CC(OC(=O)Cl)C5.C[NH+](C)CCNC(=O)OC1CC2CCCC3(CCC4C(CCC5(C)C(=O)CCC45)C23)C1.[Cl-]. The highest BCUT2D eigenvalue weighted by Gasteiger charge is 2.65. The van der Waals surface area contributed by atoms with Crippen molar-refractivity contribution < 1.29 is 55.9 Å². The molecule has 12 unspecified atom stereocenters. The zero-order valence-corrected chi connectivity index (χ0v) is 55.2. The van der Waals surface area contributed by atoms with Crippen LogP contribution in [0.2, 0.25) is 0 Å². The minimum absolute atomic E-state index is 0. The van der Waals surface area contributed by atoms with Crippen LogP contribution >= 0.6 is 11.6 Å². The molecule has 14 heteroatoms. The number of halogens is 2. The second-order valence-corrected chi connectivity index (χ2v) is 31.9. The largest absolute Gasteiger partial charge is 1.00 e. The van der Waals surface area contributed by atoms with Gasteiger partial charge in [0.15, 0.2) is 0 Å². The van der Waals surface area contributed by atoms with E-state index in [0.717, 1.165) is 151 Å². The summed E-state index contributed by atoms with van der Waals surface area (Å²) in [6.07, 6.45) is 32.0. The van der Waals surface area contributed by atoms with E-state index in [1.165, 1.54) is 93.9 Å². The molecule has 12 saturated carbocycles. The molecule has 12 aliphatic carbocycles.